The number of benzene rings is 2. The van der Waals surface area contributed by atoms with Gasteiger partial charge in [-0.25, -0.2) is 9.18 Å². The molecule has 0 saturated carbocycles. The molecule has 21 heavy (non-hydrogen) atoms. The summed E-state index contributed by atoms with van der Waals surface area (Å²) in [6.07, 6.45) is 0. The lowest BCUT2D eigenvalue weighted by Crippen LogP contribution is -2.40. The molecule has 3 nitrogen and oxygen atoms in total. The first-order chi connectivity index (χ1) is 9.83. The lowest BCUT2D eigenvalue weighted by atomic mass is 9.91. The van der Waals surface area contributed by atoms with E-state index in [0.29, 0.717) is 16.3 Å². The van der Waals surface area contributed by atoms with Crippen molar-refractivity contribution in [2.75, 3.05) is 5.32 Å². The molecule has 2 aromatic carbocycles. The van der Waals surface area contributed by atoms with Crippen LogP contribution in [0.5, 0.6) is 0 Å². The lowest BCUT2D eigenvalue weighted by Gasteiger charge is -2.28. The predicted octanol–water partition coefficient (Wildman–Crippen LogP) is 4.54. The second-order valence-corrected chi connectivity index (χ2v) is 5.51. The molecule has 0 heterocycles. The Bertz CT molecular complexity index is 693. The van der Waals surface area contributed by atoms with Crippen LogP contribution in [0.15, 0.2) is 42.5 Å². The first-order valence-corrected chi connectivity index (χ1v) is 6.81. The highest BCUT2D eigenvalue weighted by molar-refractivity contribution is 6.42. The highest BCUT2D eigenvalue weighted by Gasteiger charge is 2.35. The molecule has 1 unspecified atom stereocenters. The normalized spacial score (nSPS) is 13.5. The maximum absolute atomic E-state index is 13.2. The number of hydrogen-bond acceptors (Lipinski definition) is 2. The van der Waals surface area contributed by atoms with Crippen LogP contribution in [-0.2, 0) is 10.3 Å². The second-order valence-electron chi connectivity index (χ2n) is 4.69. The van der Waals surface area contributed by atoms with Gasteiger partial charge in [-0.05, 0) is 42.8 Å². The number of halogens is 3. The summed E-state index contributed by atoms with van der Waals surface area (Å²) in [6, 6.07) is 10.1. The molecule has 0 bridgehead atoms. The van der Waals surface area contributed by atoms with Crippen molar-refractivity contribution >= 4 is 34.9 Å². The van der Waals surface area contributed by atoms with E-state index in [1.54, 1.807) is 12.1 Å². The summed E-state index contributed by atoms with van der Waals surface area (Å²) < 4.78 is 13.2. The predicted molar refractivity (Wildman–Crippen MR) is 81.5 cm³/mol. The van der Waals surface area contributed by atoms with Crippen LogP contribution in [0.1, 0.15) is 12.5 Å². The smallest absolute Gasteiger partial charge is 0.333 e. The standard InChI is InChI=1S/C15H12Cl2FNO2/c1-15(14(20)21,9-5-6-12(16)13(17)7-9)19-11-4-2-3-10(18)8-11/h2-8,19H,1H3,(H,20,21). The fourth-order valence-corrected chi connectivity index (χ4v) is 2.21. The zero-order valence-electron chi connectivity index (χ0n) is 11.0. The molecule has 0 aliphatic carbocycles. The van der Waals surface area contributed by atoms with Gasteiger partial charge >= 0.3 is 5.97 Å². The minimum absolute atomic E-state index is 0.252. The van der Waals surface area contributed by atoms with Crippen LogP contribution < -0.4 is 5.32 Å². The van der Waals surface area contributed by atoms with E-state index >= 15 is 0 Å². The second kappa shape index (κ2) is 5.92. The summed E-state index contributed by atoms with van der Waals surface area (Å²) in [6.45, 7) is 1.47. The largest absolute Gasteiger partial charge is 0.479 e. The number of nitrogens with one attached hydrogen (secondary N) is 1. The number of hydrogen-bond donors (Lipinski definition) is 2. The van der Waals surface area contributed by atoms with Crippen molar-refractivity contribution in [1.29, 1.82) is 0 Å². The summed E-state index contributed by atoms with van der Waals surface area (Å²) in [5, 5.41) is 12.9. The molecular formula is C15H12Cl2FNO2. The average Bonchev–Trinajstić information content (AvgIpc) is 2.41. The first kappa shape index (κ1) is 15.6. The van der Waals surface area contributed by atoms with Gasteiger partial charge in [-0.15, -0.1) is 0 Å². The Morgan fingerprint density at radius 3 is 2.48 bits per heavy atom. The van der Waals surface area contributed by atoms with Crippen molar-refractivity contribution in [3.8, 4) is 0 Å². The Hall–Kier alpha value is -1.78. The molecule has 0 aliphatic heterocycles. The zero-order valence-corrected chi connectivity index (χ0v) is 12.5. The number of rotatable bonds is 4. The molecule has 0 fully saturated rings. The molecule has 0 saturated heterocycles. The van der Waals surface area contributed by atoms with Gasteiger partial charge in [0.05, 0.1) is 10.0 Å². The van der Waals surface area contributed by atoms with Gasteiger partial charge < -0.3 is 10.4 Å². The Kier molecular flexibility index (Phi) is 4.40. The highest BCUT2D eigenvalue weighted by atomic mass is 35.5. The van der Waals surface area contributed by atoms with Crippen molar-refractivity contribution in [3.05, 3.63) is 63.9 Å². The van der Waals surface area contributed by atoms with Crippen LogP contribution in [0.4, 0.5) is 10.1 Å². The number of anilines is 1. The molecule has 2 rings (SSSR count). The van der Waals surface area contributed by atoms with Gasteiger partial charge in [-0.2, -0.15) is 0 Å². The molecule has 0 radical (unpaired) electrons. The van der Waals surface area contributed by atoms with E-state index in [4.69, 9.17) is 23.2 Å². The molecule has 0 amide bonds. The third kappa shape index (κ3) is 3.28. The topological polar surface area (TPSA) is 49.3 Å². The van der Waals surface area contributed by atoms with Gasteiger partial charge in [0.1, 0.15) is 5.82 Å². The molecule has 1 atom stereocenters. The van der Waals surface area contributed by atoms with Crippen molar-refractivity contribution in [2.24, 2.45) is 0 Å². The number of aliphatic carboxylic acids is 1. The Morgan fingerprint density at radius 1 is 1.19 bits per heavy atom. The van der Waals surface area contributed by atoms with Crippen LogP contribution in [-0.4, -0.2) is 11.1 Å². The van der Waals surface area contributed by atoms with Crippen LogP contribution in [0, 0.1) is 5.82 Å². The van der Waals surface area contributed by atoms with Gasteiger partial charge in [-0.3, -0.25) is 0 Å². The van der Waals surface area contributed by atoms with E-state index in [9.17, 15) is 14.3 Å². The Balaban J connectivity index is 2.45. The van der Waals surface area contributed by atoms with E-state index in [2.05, 4.69) is 5.32 Å². The molecule has 0 spiro atoms. The maximum atomic E-state index is 13.2. The van der Waals surface area contributed by atoms with E-state index < -0.39 is 17.3 Å². The fraction of sp³-hybridized carbons (Fsp3) is 0.133. The van der Waals surface area contributed by atoms with Gasteiger partial charge in [0, 0.05) is 5.69 Å². The first-order valence-electron chi connectivity index (χ1n) is 6.05. The summed E-state index contributed by atoms with van der Waals surface area (Å²) in [4.78, 5) is 11.7. The van der Waals surface area contributed by atoms with Gasteiger partial charge in [0.15, 0.2) is 5.54 Å². The third-order valence-corrected chi connectivity index (χ3v) is 3.88. The van der Waals surface area contributed by atoms with Crippen LogP contribution in [0.25, 0.3) is 0 Å². The van der Waals surface area contributed by atoms with Crippen molar-refractivity contribution in [2.45, 2.75) is 12.5 Å². The van der Waals surface area contributed by atoms with Gasteiger partial charge in [-0.1, -0.05) is 35.3 Å². The van der Waals surface area contributed by atoms with Gasteiger partial charge in [0.25, 0.3) is 0 Å². The third-order valence-electron chi connectivity index (χ3n) is 3.14. The number of carboxylic acid groups (broad SMARTS) is 1. The van der Waals surface area contributed by atoms with Crippen molar-refractivity contribution in [3.63, 3.8) is 0 Å². The average molecular weight is 328 g/mol. The van der Waals surface area contributed by atoms with Crippen molar-refractivity contribution < 1.29 is 14.3 Å². The van der Waals surface area contributed by atoms with E-state index in [-0.39, 0.29) is 5.02 Å². The molecule has 6 heteroatoms. The Morgan fingerprint density at radius 2 is 1.90 bits per heavy atom. The minimum Gasteiger partial charge on any atom is -0.479 e. The molecule has 0 aliphatic rings. The summed E-state index contributed by atoms with van der Waals surface area (Å²) in [5.74, 6) is -1.58. The van der Waals surface area contributed by atoms with Crippen LogP contribution in [0.2, 0.25) is 10.0 Å². The summed E-state index contributed by atoms with van der Waals surface area (Å²) in [5.41, 5.74) is -0.707. The monoisotopic (exact) mass is 327 g/mol. The SMILES string of the molecule is CC(Nc1cccc(F)c1)(C(=O)O)c1ccc(Cl)c(Cl)c1. The van der Waals surface area contributed by atoms with Crippen LogP contribution in [0.3, 0.4) is 0 Å². The van der Waals surface area contributed by atoms with E-state index in [0.717, 1.165) is 0 Å². The van der Waals surface area contributed by atoms with Gasteiger partial charge in [0.2, 0.25) is 0 Å². The van der Waals surface area contributed by atoms with Crippen LogP contribution >= 0.6 is 23.2 Å². The Labute approximate surface area is 131 Å². The molecule has 2 aromatic rings. The summed E-state index contributed by atoms with van der Waals surface area (Å²) >= 11 is 11.8. The molecule has 0 aromatic heterocycles. The fourth-order valence-electron chi connectivity index (χ4n) is 1.91. The molecule has 110 valence electrons. The lowest BCUT2D eigenvalue weighted by molar-refractivity contribution is -0.142. The maximum Gasteiger partial charge on any atom is 0.333 e. The molecule has 2 N–H and O–H groups in total. The zero-order chi connectivity index (χ0) is 15.6. The summed E-state index contributed by atoms with van der Waals surface area (Å²) in [7, 11) is 0. The number of carboxylic acids is 1. The van der Waals surface area contributed by atoms with E-state index in [1.165, 1.54) is 37.3 Å². The quantitative estimate of drug-likeness (QED) is 0.866. The van der Waals surface area contributed by atoms with E-state index in [1.807, 2.05) is 0 Å². The van der Waals surface area contributed by atoms with Crippen molar-refractivity contribution in [1.82, 2.24) is 0 Å². The number of carbonyl (C=O) groups is 1. The minimum atomic E-state index is -1.47. The molecular weight excluding hydrogens is 316 g/mol. The highest BCUT2D eigenvalue weighted by Crippen LogP contribution is 2.31.